The summed E-state index contributed by atoms with van der Waals surface area (Å²) in [6.07, 6.45) is 0.826. The van der Waals surface area contributed by atoms with Crippen LogP contribution in [-0.2, 0) is 0 Å². The molecule has 98 valence electrons. The minimum atomic E-state index is -0.275. The van der Waals surface area contributed by atoms with Gasteiger partial charge < -0.3 is 11.1 Å². The Bertz CT molecular complexity index is 612. The lowest BCUT2D eigenvalue weighted by atomic mass is 10.0. The molecule has 4 N–H and O–H groups in total. The normalized spacial score (nSPS) is 12.0. The minimum Gasteiger partial charge on any atom is -0.365 e. The van der Waals surface area contributed by atoms with Crippen LogP contribution in [0.15, 0.2) is 10.9 Å². The van der Waals surface area contributed by atoms with Crippen molar-refractivity contribution < 1.29 is 0 Å². The highest BCUT2D eigenvalue weighted by atomic mass is 16.1. The molecule has 0 spiro atoms. The van der Waals surface area contributed by atoms with Gasteiger partial charge in [0.05, 0.1) is 0 Å². The SMILES string of the molecule is Cc1nc(NC(C)(C)CCN)cc2n[nH]c(=O)n12. The van der Waals surface area contributed by atoms with Crippen LogP contribution in [0.2, 0.25) is 0 Å². The predicted molar refractivity (Wildman–Crippen MR) is 69.7 cm³/mol. The van der Waals surface area contributed by atoms with E-state index >= 15 is 0 Å². The number of aromatic amines is 1. The fourth-order valence-electron chi connectivity index (χ4n) is 1.93. The molecule has 0 radical (unpaired) electrons. The minimum absolute atomic E-state index is 0.150. The number of hydrogen-bond donors (Lipinski definition) is 3. The highest BCUT2D eigenvalue weighted by Crippen LogP contribution is 2.17. The molecule has 0 amide bonds. The number of hydrogen-bond acceptors (Lipinski definition) is 5. The average molecular weight is 250 g/mol. The topological polar surface area (TPSA) is 101 Å². The summed E-state index contributed by atoms with van der Waals surface area (Å²) >= 11 is 0. The van der Waals surface area contributed by atoms with Crippen molar-refractivity contribution in [2.24, 2.45) is 5.73 Å². The molecule has 0 bridgehead atoms. The van der Waals surface area contributed by atoms with Gasteiger partial charge in [-0.05, 0) is 33.7 Å². The summed E-state index contributed by atoms with van der Waals surface area (Å²) in [5, 5.41) is 9.64. The molecular weight excluding hydrogens is 232 g/mol. The van der Waals surface area contributed by atoms with E-state index in [4.69, 9.17) is 5.73 Å². The van der Waals surface area contributed by atoms with Crippen molar-refractivity contribution in [3.8, 4) is 0 Å². The number of rotatable bonds is 4. The standard InChI is InChI=1S/C11H18N6O/c1-7-13-8(14-11(2,3)4-5-12)6-9-15-16-10(18)17(7)9/h6,14H,4-5,12H2,1-3H3,(H,16,18). The lowest BCUT2D eigenvalue weighted by molar-refractivity contribution is 0.524. The number of nitrogens with two attached hydrogens (primary N) is 1. The summed E-state index contributed by atoms with van der Waals surface area (Å²) in [6.45, 7) is 6.48. The first-order valence-electron chi connectivity index (χ1n) is 5.86. The Hall–Kier alpha value is -1.89. The van der Waals surface area contributed by atoms with Gasteiger partial charge in [0.1, 0.15) is 11.6 Å². The molecule has 2 rings (SSSR count). The summed E-state index contributed by atoms with van der Waals surface area (Å²) in [7, 11) is 0. The van der Waals surface area contributed by atoms with E-state index < -0.39 is 0 Å². The van der Waals surface area contributed by atoms with Crippen LogP contribution in [0, 0.1) is 6.92 Å². The number of fused-ring (bicyclic) bond motifs is 1. The molecule has 0 unspecified atom stereocenters. The Balaban J connectivity index is 2.38. The number of nitrogens with zero attached hydrogens (tertiary/aromatic N) is 3. The van der Waals surface area contributed by atoms with Gasteiger partial charge in [-0.15, -0.1) is 0 Å². The Morgan fingerprint density at radius 2 is 2.28 bits per heavy atom. The molecule has 0 saturated carbocycles. The van der Waals surface area contributed by atoms with Crippen molar-refractivity contribution in [1.29, 1.82) is 0 Å². The molecule has 2 aromatic heterocycles. The summed E-state index contributed by atoms with van der Waals surface area (Å²) in [5.74, 6) is 1.29. The van der Waals surface area contributed by atoms with Crippen LogP contribution in [0.3, 0.4) is 0 Å². The largest absolute Gasteiger partial charge is 0.365 e. The smallest absolute Gasteiger partial charge is 0.349 e. The molecule has 2 aromatic rings. The first kappa shape index (κ1) is 12.6. The molecule has 0 saturated heterocycles. The van der Waals surface area contributed by atoms with Gasteiger partial charge in [0, 0.05) is 11.6 Å². The van der Waals surface area contributed by atoms with Gasteiger partial charge in [0.25, 0.3) is 0 Å². The van der Waals surface area contributed by atoms with Crippen molar-refractivity contribution in [3.05, 3.63) is 22.4 Å². The lowest BCUT2D eigenvalue weighted by Crippen LogP contribution is -2.34. The van der Waals surface area contributed by atoms with Gasteiger partial charge in [0.2, 0.25) is 0 Å². The van der Waals surface area contributed by atoms with E-state index in [1.54, 1.807) is 13.0 Å². The van der Waals surface area contributed by atoms with E-state index in [-0.39, 0.29) is 11.2 Å². The fraction of sp³-hybridized carbons (Fsp3) is 0.545. The molecule has 0 aliphatic heterocycles. The van der Waals surface area contributed by atoms with Crippen LogP contribution in [0.1, 0.15) is 26.1 Å². The third-order valence-corrected chi connectivity index (χ3v) is 2.81. The van der Waals surface area contributed by atoms with Gasteiger partial charge in [0.15, 0.2) is 5.65 Å². The zero-order valence-corrected chi connectivity index (χ0v) is 10.8. The van der Waals surface area contributed by atoms with E-state index in [1.807, 2.05) is 0 Å². The van der Waals surface area contributed by atoms with Crippen LogP contribution in [0.5, 0.6) is 0 Å². The number of aryl methyl sites for hydroxylation is 1. The Morgan fingerprint density at radius 1 is 1.56 bits per heavy atom. The van der Waals surface area contributed by atoms with Crippen LogP contribution >= 0.6 is 0 Å². The van der Waals surface area contributed by atoms with Crippen LogP contribution < -0.4 is 16.7 Å². The fourth-order valence-corrected chi connectivity index (χ4v) is 1.93. The third-order valence-electron chi connectivity index (χ3n) is 2.81. The number of aromatic nitrogens is 4. The van der Waals surface area contributed by atoms with Gasteiger partial charge in [-0.2, -0.15) is 5.10 Å². The zero-order chi connectivity index (χ0) is 13.3. The van der Waals surface area contributed by atoms with Crippen LogP contribution in [0.25, 0.3) is 5.65 Å². The van der Waals surface area contributed by atoms with Crippen molar-refractivity contribution in [2.45, 2.75) is 32.7 Å². The summed E-state index contributed by atoms with van der Waals surface area (Å²) < 4.78 is 1.43. The van der Waals surface area contributed by atoms with E-state index in [0.29, 0.717) is 23.8 Å². The third kappa shape index (κ3) is 2.35. The predicted octanol–water partition coefficient (Wildman–Crippen LogP) is 0.265. The quantitative estimate of drug-likeness (QED) is 0.722. The number of H-pyrrole nitrogens is 1. The second kappa shape index (κ2) is 4.41. The Kier molecular flexibility index (Phi) is 3.08. The maximum atomic E-state index is 11.5. The molecule has 7 nitrogen and oxygen atoms in total. The van der Waals surface area contributed by atoms with Crippen molar-refractivity contribution in [3.63, 3.8) is 0 Å². The molecule has 7 heteroatoms. The lowest BCUT2D eigenvalue weighted by Gasteiger charge is -2.26. The number of nitrogens with one attached hydrogen (secondary N) is 2. The highest BCUT2D eigenvalue weighted by molar-refractivity contribution is 5.50. The maximum Gasteiger partial charge on any atom is 0.349 e. The molecule has 0 aliphatic rings. The first-order chi connectivity index (χ1) is 8.43. The second-order valence-corrected chi connectivity index (χ2v) is 4.96. The summed E-state index contributed by atoms with van der Waals surface area (Å²) in [6, 6.07) is 1.74. The van der Waals surface area contributed by atoms with E-state index in [9.17, 15) is 4.79 Å². The van der Waals surface area contributed by atoms with Crippen molar-refractivity contribution >= 4 is 11.5 Å². The van der Waals surface area contributed by atoms with Crippen molar-refractivity contribution in [1.82, 2.24) is 19.6 Å². The van der Waals surface area contributed by atoms with E-state index in [1.165, 1.54) is 4.40 Å². The molecule has 0 aliphatic carbocycles. The van der Waals surface area contributed by atoms with E-state index in [0.717, 1.165) is 6.42 Å². The number of anilines is 1. The van der Waals surface area contributed by atoms with Crippen molar-refractivity contribution in [2.75, 3.05) is 11.9 Å². The summed E-state index contributed by atoms with van der Waals surface area (Å²) in [5.41, 5.74) is 5.70. The highest BCUT2D eigenvalue weighted by Gasteiger charge is 2.18. The molecule has 18 heavy (non-hydrogen) atoms. The monoisotopic (exact) mass is 250 g/mol. The molecule has 0 aromatic carbocycles. The van der Waals surface area contributed by atoms with Gasteiger partial charge in [-0.3, -0.25) is 0 Å². The Labute approximate surface area is 104 Å². The second-order valence-electron chi connectivity index (χ2n) is 4.96. The van der Waals surface area contributed by atoms with E-state index in [2.05, 4.69) is 34.3 Å². The molecule has 2 heterocycles. The molecular formula is C11H18N6O. The summed E-state index contributed by atoms with van der Waals surface area (Å²) in [4.78, 5) is 15.8. The first-order valence-corrected chi connectivity index (χ1v) is 5.86. The van der Waals surface area contributed by atoms with Gasteiger partial charge >= 0.3 is 5.69 Å². The van der Waals surface area contributed by atoms with Gasteiger partial charge in [-0.25, -0.2) is 19.3 Å². The van der Waals surface area contributed by atoms with Crippen LogP contribution in [-0.4, -0.2) is 31.7 Å². The zero-order valence-electron chi connectivity index (χ0n) is 10.8. The molecule has 0 fully saturated rings. The Morgan fingerprint density at radius 3 is 2.94 bits per heavy atom. The maximum absolute atomic E-state index is 11.5. The van der Waals surface area contributed by atoms with Gasteiger partial charge in [-0.1, -0.05) is 0 Å². The van der Waals surface area contributed by atoms with Crippen LogP contribution in [0.4, 0.5) is 5.82 Å². The molecule has 0 atom stereocenters. The average Bonchev–Trinajstić information content (AvgIpc) is 2.59.